The van der Waals surface area contributed by atoms with Gasteiger partial charge in [-0.15, -0.1) is 0 Å². The minimum atomic E-state index is -0.374. The summed E-state index contributed by atoms with van der Waals surface area (Å²) < 4.78 is 19.0. The molecule has 0 amide bonds. The Hall–Kier alpha value is -2.75. The first-order chi connectivity index (χ1) is 12.6. The van der Waals surface area contributed by atoms with Gasteiger partial charge in [0.2, 0.25) is 0 Å². The Balaban J connectivity index is 1.60. The van der Waals surface area contributed by atoms with Crippen molar-refractivity contribution in [2.75, 3.05) is 0 Å². The maximum absolute atomic E-state index is 13.6. The minimum Gasteiger partial charge on any atom is -0.426 e. The second-order valence-electron chi connectivity index (χ2n) is 6.50. The van der Waals surface area contributed by atoms with Gasteiger partial charge in [0.15, 0.2) is 5.78 Å². The first-order valence-corrected chi connectivity index (χ1v) is 8.92. The highest BCUT2D eigenvalue weighted by Gasteiger charge is 2.22. The summed E-state index contributed by atoms with van der Waals surface area (Å²) in [4.78, 5) is 24.3. The zero-order valence-corrected chi connectivity index (χ0v) is 14.5. The molecule has 1 aliphatic carbocycles. The number of rotatable bonds is 5. The van der Waals surface area contributed by atoms with Crippen molar-refractivity contribution in [1.82, 2.24) is 0 Å². The molecule has 0 saturated heterocycles. The molecule has 4 heteroatoms. The Kier molecular flexibility index (Phi) is 5.95. The highest BCUT2D eigenvalue weighted by atomic mass is 19.1. The molecule has 0 bridgehead atoms. The van der Waals surface area contributed by atoms with Crippen LogP contribution in [-0.2, 0) is 4.79 Å². The number of ether oxygens (including phenoxy) is 1. The molecule has 26 heavy (non-hydrogen) atoms. The van der Waals surface area contributed by atoms with Gasteiger partial charge in [-0.3, -0.25) is 9.59 Å². The number of benzene rings is 2. The smallest absolute Gasteiger partial charge is 0.314 e. The molecule has 3 nitrogen and oxygen atoms in total. The Morgan fingerprint density at radius 2 is 1.65 bits per heavy atom. The van der Waals surface area contributed by atoms with Crippen molar-refractivity contribution in [3.63, 3.8) is 0 Å². The molecule has 0 unspecified atom stereocenters. The Morgan fingerprint density at radius 3 is 2.35 bits per heavy atom. The van der Waals surface area contributed by atoms with Crippen LogP contribution in [0.4, 0.5) is 4.39 Å². The lowest BCUT2D eigenvalue weighted by molar-refractivity contribution is -0.139. The lowest BCUT2D eigenvalue weighted by atomic mass is 9.89. The zero-order chi connectivity index (χ0) is 18.4. The third kappa shape index (κ3) is 4.66. The summed E-state index contributed by atoms with van der Waals surface area (Å²) in [6, 6.07) is 12.7. The quantitative estimate of drug-likeness (QED) is 0.321. The van der Waals surface area contributed by atoms with Crippen LogP contribution in [-0.4, -0.2) is 11.8 Å². The number of hydrogen-bond acceptors (Lipinski definition) is 3. The first kappa shape index (κ1) is 18.1. The van der Waals surface area contributed by atoms with E-state index < -0.39 is 0 Å². The third-order valence-electron chi connectivity index (χ3n) is 4.62. The normalized spacial score (nSPS) is 15.1. The van der Waals surface area contributed by atoms with Crippen molar-refractivity contribution in [2.45, 2.75) is 32.1 Å². The standard InChI is InChI=1S/C22H21FO3/c23-20-9-5-4-6-16(20)12-15-21(24)17-10-13-19(14-11-17)26-22(25)18-7-2-1-3-8-18/h4-6,9-15,18H,1-3,7-8H2/b15-12+. The minimum absolute atomic E-state index is 0.0197. The molecule has 0 atom stereocenters. The topological polar surface area (TPSA) is 43.4 Å². The molecule has 0 radical (unpaired) electrons. The monoisotopic (exact) mass is 352 g/mol. The summed E-state index contributed by atoms with van der Waals surface area (Å²) in [6.45, 7) is 0. The van der Waals surface area contributed by atoms with Gasteiger partial charge in [0.1, 0.15) is 11.6 Å². The second kappa shape index (κ2) is 8.56. The average molecular weight is 352 g/mol. The van der Waals surface area contributed by atoms with E-state index in [1.807, 2.05) is 0 Å². The van der Waals surface area contributed by atoms with Crippen LogP contribution >= 0.6 is 0 Å². The van der Waals surface area contributed by atoms with E-state index in [0.717, 1.165) is 25.7 Å². The maximum Gasteiger partial charge on any atom is 0.314 e. The molecule has 1 aliphatic rings. The molecule has 0 N–H and O–H groups in total. The van der Waals surface area contributed by atoms with Crippen molar-refractivity contribution in [1.29, 1.82) is 0 Å². The SMILES string of the molecule is O=C(/C=C/c1ccccc1F)c1ccc(OC(=O)C2CCCCC2)cc1. The highest BCUT2D eigenvalue weighted by Crippen LogP contribution is 2.25. The van der Waals surface area contributed by atoms with Crippen molar-refractivity contribution in [3.05, 3.63) is 71.6 Å². The van der Waals surface area contributed by atoms with Crippen molar-refractivity contribution in [2.24, 2.45) is 5.92 Å². The predicted molar refractivity (Wildman–Crippen MR) is 98.4 cm³/mol. The summed E-state index contributed by atoms with van der Waals surface area (Å²) in [6.07, 6.45) is 7.88. The van der Waals surface area contributed by atoms with E-state index in [1.54, 1.807) is 42.5 Å². The van der Waals surface area contributed by atoms with Gasteiger partial charge < -0.3 is 4.74 Å². The van der Waals surface area contributed by atoms with Gasteiger partial charge in [-0.2, -0.15) is 0 Å². The van der Waals surface area contributed by atoms with Crippen LogP contribution in [0.25, 0.3) is 6.08 Å². The number of halogens is 1. The second-order valence-corrected chi connectivity index (χ2v) is 6.50. The summed E-state index contributed by atoms with van der Waals surface area (Å²) in [5, 5.41) is 0. The fourth-order valence-electron chi connectivity index (χ4n) is 3.10. The van der Waals surface area contributed by atoms with Crippen molar-refractivity contribution < 1.29 is 18.7 Å². The molecule has 0 aromatic heterocycles. The largest absolute Gasteiger partial charge is 0.426 e. The Labute approximate surface area is 152 Å². The Morgan fingerprint density at radius 1 is 0.962 bits per heavy atom. The molecule has 1 saturated carbocycles. The summed E-state index contributed by atoms with van der Waals surface area (Å²) in [5.74, 6) is -0.382. The summed E-state index contributed by atoms with van der Waals surface area (Å²) in [5.41, 5.74) is 0.814. The molecular weight excluding hydrogens is 331 g/mol. The molecule has 2 aromatic rings. The van der Waals surface area contributed by atoms with E-state index in [0.29, 0.717) is 16.9 Å². The van der Waals surface area contributed by atoms with E-state index >= 15 is 0 Å². The van der Waals surface area contributed by atoms with Gasteiger partial charge in [-0.1, -0.05) is 37.5 Å². The molecule has 134 valence electrons. The van der Waals surface area contributed by atoms with E-state index in [4.69, 9.17) is 4.74 Å². The fraction of sp³-hybridized carbons (Fsp3) is 0.273. The average Bonchev–Trinajstić information content (AvgIpc) is 2.68. The van der Waals surface area contributed by atoms with E-state index in [1.165, 1.54) is 24.6 Å². The lowest BCUT2D eigenvalue weighted by Crippen LogP contribution is -2.22. The molecule has 3 rings (SSSR count). The summed E-state index contributed by atoms with van der Waals surface area (Å²) >= 11 is 0. The van der Waals surface area contributed by atoms with E-state index in [2.05, 4.69) is 0 Å². The number of esters is 1. The lowest BCUT2D eigenvalue weighted by Gasteiger charge is -2.19. The van der Waals surface area contributed by atoms with Gasteiger partial charge in [0, 0.05) is 11.1 Å². The van der Waals surface area contributed by atoms with Crippen LogP contribution in [0, 0.1) is 11.7 Å². The van der Waals surface area contributed by atoms with Crippen molar-refractivity contribution >= 4 is 17.8 Å². The van der Waals surface area contributed by atoms with Crippen LogP contribution in [0.3, 0.4) is 0 Å². The number of hydrogen-bond donors (Lipinski definition) is 0. The highest BCUT2D eigenvalue weighted by molar-refractivity contribution is 6.06. The number of ketones is 1. The zero-order valence-electron chi connectivity index (χ0n) is 14.5. The van der Waals surface area contributed by atoms with Crippen LogP contribution in [0.5, 0.6) is 5.75 Å². The van der Waals surface area contributed by atoms with Crippen LogP contribution in [0.15, 0.2) is 54.6 Å². The van der Waals surface area contributed by atoms with Crippen molar-refractivity contribution in [3.8, 4) is 5.75 Å². The third-order valence-corrected chi connectivity index (χ3v) is 4.62. The molecular formula is C22H21FO3. The van der Waals surface area contributed by atoms with Gasteiger partial charge in [0.25, 0.3) is 0 Å². The van der Waals surface area contributed by atoms with Crippen LogP contribution in [0.2, 0.25) is 0 Å². The van der Waals surface area contributed by atoms with Gasteiger partial charge in [-0.05, 0) is 55.3 Å². The van der Waals surface area contributed by atoms with Gasteiger partial charge in [-0.25, -0.2) is 4.39 Å². The van der Waals surface area contributed by atoms with Gasteiger partial charge >= 0.3 is 5.97 Å². The maximum atomic E-state index is 13.6. The molecule has 0 spiro atoms. The predicted octanol–water partition coefficient (Wildman–Crippen LogP) is 5.21. The number of allylic oxidation sites excluding steroid dienone is 1. The number of carbonyl (C=O) groups is 2. The first-order valence-electron chi connectivity index (χ1n) is 8.92. The van der Waals surface area contributed by atoms with Gasteiger partial charge in [0.05, 0.1) is 5.92 Å². The molecule has 2 aromatic carbocycles. The Bertz CT molecular complexity index is 802. The van der Waals surface area contributed by atoms with Crippen LogP contribution < -0.4 is 4.74 Å². The summed E-state index contributed by atoms with van der Waals surface area (Å²) in [7, 11) is 0. The molecule has 0 aliphatic heterocycles. The molecule has 0 heterocycles. The van der Waals surface area contributed by atoms with E-state index in [-0.39, 0.29) is 23.5 Å². The fourth-order valence-corrected chi connectivity index (χ4v) is 3.10. The number of carbonyl (C=O) groups excluding carboxylic acids is 2. The molecule has 1 fully saturated rings. The van der Waals surface area contributed by atoms with E-state index in [9.17, 15) is 14.0 Å². The van der Waals surface area contributed by atoms with Crippen LogP contribution in [0.1, 0.15) is 48.0 Å².